The van der Waals surface area contributed by atoms with Gasteiger partial charge in [0, 0.05) is 31.6 Å². The van der Waals surface area contributed by atoms with Gasteiger partial charge in [-0.15, -0.1) is 0 Å². The van der Waals surface area contributed by atoms with E-state index in [0.717, 1.165) is 12.1 Å². The summed E-state index contributed by atoms with van der Waals surface area (Å²) in [5.41, 5.74) is 0.0119. The molecule has 1 aliphatic rings. The Labute approximate surface area is 122 Å². The fraction of sp³-hybridized carbons (Fsp3) is 0.417. The Bertz CT molecular complexity index is 567. The minimum absolute atomic E-state index is 0.0172. The molecule has 1 saturated heterocycles. The van der Waals surface area contributed by atoms with E-state index in [0.29, 0.717) is 19.5 Å². The lowest BCUT2D eigenvalue weighted by Gasteiger charge is -2.18. The molecule has 0 radical (unpaired) electrons. The van der Waals surface area contributed by atoms with Gasteiger partial charge in [-0.05, 0) is 28.3 Å². The van der Waals surface area contributed by atoms with Crippen molar-refractivity contribution in [3.8, 4) is 0 Å². The number of hydrogen-bond donors (Lipinski definition) is 1. The first-order valence-corrected chi connectivity index (χ1v) is 6.78. The van der Waals surface area contributed by atoms with Gasteiger partial charge in [0.15, 0.2) is 0 Å². The lowest BCUT2D eigenvalue weighted by atomic mass is 10.1. The van der Waals surface area contributed by atoms with E-state index in [9.17, 15) is 19.3 Å². The van der Waals surface area contributed by atoms with Gasteiger partial charge < -0.3 is 10.0 Å². The molecule has 0 spiro atoms. The molecule has 0 aliphatic carbocycles. The molecule has 1 unspecified atom stereocenters. The summed E-state index contributed by atoms with van der Waals surface area (Å²) >= 11 is 2.93. The van der Waals surface area contributed by atoms with E-state index in [1.54, 1.807) is 4.90 Å². The van der Waals surface area contributed by atoms with Crippen LogP contribution in [0.5, 0.6) is 0 Å². The van der Waals surface area contributed by atoms with Crippen molar-refractivity contribution in [1.29, 1.82) is 0 Å². The van der Waals surface area contributed by atoms with Gasteiger partial charge in [-0.1, -0.05) is 0 Å². The summed E-state index contributed by atoms with van der Waals surface area (Å²) in [5.74, 6) is -1.54. The minimum Gasteiger partial charge on any atom is -0.481 e. The van der Waals surface area contributed by atoms with E-state index in [2.05, 4.69) is 15.9 Å². The summed E-state index contributed by atoms with van der Waals surface area (Å²) in [5, 5.41) is 19.8. The van der Waals surface area contributed by atoms with Crippen LogP contribution in [-0.2, 0) is 4.79 Å². The van der Waals surface area contributed by atoms with Crippen LogP contribution < -0.4 is 4.90 Å². The lowest BCUT2D eigenvalue weighted by molar-refractivity contribution is -0.384. The van der Waals surface area contributed by atoms with Crippen molar-refractivity contribution in [3.05, 3.63) is 32.5 Å². The number of halogens is 2. The molecular weight excluding hydrogens is 335 g/mol. The normalized spacial score (nSPS) is 18.3. The summed E-state index contributed by atoms with van der Waals surface area (Å²) in [6, 6.07) is 2.25. The SMILES string of the molecule is O=C(O)CC1CCN(c2cc(F)c(Br)cc2[N+](=O)[O-])C1. The molecule has 1 atom stereocenters. The second-order valence-corrected chi connectivity index (χ2v) is 5.57. The van der Waals surface area contributed by atoms with Crippen LogP contribution in [-0.4, -0.2) is 29.1 Å². The number of nitro groups is 1. The van der Waals surface area contributed by atoms with Gasteiger partial charge in [-0.2, -0.15) is 0 Å². The van der Waals surface area contributed by atoms with Crippen molar-refractivity contribution in [2.45, 2.75) is 12.8 Å². The molecule has 0 aromatic heterocycles. The molecule has 1 heterocycles. The zero-order valence-electron chi connectivity index (χ0n) is 10.4. The summed E-state index contributed by atoms with van der Waals surface area (Å²) < 4.78 is 13.6. The van der Waals surface area contributed by atoms with Crippen molar-refractivity contribution in [1.82, 2.24) is 0 Å². The molecule has 6 nitrogen and oxygen atoms in total. The maximum atomic E-state index is 13.6. The van der Waals surface area contributed by atoms with Gasteiger partial charge in [0.25, 0.3) is 5.69 Å². The monoisotopic (exact) mass is 346 g/mol. The molecule has 8 heteroatoms. The Hall–Kier alpha value is -1.70. The third-order valence-corrected chi connectivity index (χ3v) is 3.91. The number of nitro benzene ring substituents is 1. The van der Waals surface area contributed by atoms with Crippen LogP contribution in [0.15, 0.2) is 16.6 Å². The first kappa shape index (κ1) is 14.7. The zero-order valence-corrected chi connectivity index (χ0v) is 12.0. The van der Waals surface area contributed by atoms with Crippen molar-refractivity contribution in [2.75, 3.05) is 18.0 Å². The minimum atomic E-state index is -0.895. The highest BCUT2D eigenvalue weighted by molar-refractivity contribution is 9.10. The van der Waals surface area contributed by atoms with E-state index >= 15 is 0 Å². The zero-order chi connectivity index (χ0) is 14.9. The van der Waals surface area contributed by atoms with E-state index < -0.39 is 16.7 Å². The van der Waals surface area contributed by atoms with Crippen molar-refractivity contribution >= 4 is 33.3 Å². The number of nitrogens with zero attached hydrogens (tertiary/aromatic N) is 2. The second-order valence-electron chi connectivity index (χ2n) is 4.71. The molecule has 0 bridgehead atoms. The lowest BCUT2D eigenvalue weighted by Crippen LogP contribution is -2.21. The first-order chi connectivity index (χ1) is 9.38. The molecule has 0 amide bonds. The molecule has 1 aromatic carbocycles. The Morgan fingerprint density at radius 1 is 1.60 bits per heavy atom. The average Bonchev–Trinajstić information content (AvgIpc) is 2.79. The number of carboxylic acid groups (broad SMARTS) is 1. The van der Waals surface area contributed by atoms with Crippen LogP contribution in [0.25, 0.3) is 0 Å². The summed E-state index contributed by atoms with van der Waals surface area (Å²) in [7, 11) is 0. The predicted molar refractivity (Wildman–Crippen MR) is 73.3 cm³/mol. The molecule has 20 heavy (non-hydrogen) atoms. The van der Waals surface area contributed by atoms with Crippen molar-refractivity contribution in [2.24, 2.45) is 5.92 Å². The summed E-state index contributed by atoms with van der Waals surface area (Å²) in [6.45, 7) is 0.869. The Morgan fingerprint density at radius 3 is 2.90 bits per heavy atom. The van der Waals surface area contributed by atoms with Gasteiger partial charge in [0.05, 0.1) is 9.40 Å². The number of aliphatic carboxylic acids is 1. The van der Waals surface area contributed by atoms with Crippen LogP contribution in [0.1, 0.15) is 12.8 Å². The number of benzene rings is 1. The number of anilines is 1. The molecule has 1 aliphatic heterocycles. The van der Waals surface area contributed by atoms with Crippen molar-refractivity contribution < 1.29 is 19.2 Å². The highest BCUT2D eigenvalue weighted by Crippen LogP contribution is 2.36. The Morgan fingerprint density at radius 2 is 2.30 bits per heavy atom. The van der Waals surface area contributed by atoms with Crippen LogP contribution in [0.3, 0.4) is 0 Å². The molecule has 1 aromatic rings. The van der Waals surface area contributed by atoms with Crippen LogP contribution in [0, 0.1) is 21.8 Å². The Balaban J connectivity index is 2.27. The number of rotatable bonds is 4. The summed E-state index contributed by atoms with van der Waals surface area (Å²) in [6.07, 6.45) is 0.643. The average molecular weight is 347 g/mol. The van der Waals surface area contributed by atoms with Crippen LogP contribution in [0.2, 0.25) is 0 Å². The standard InChI is InChI=1S/C12H12BrFN2O4/c13-8-4-11(16(19)20)10(5-9(8)14)15-2-1-7(6-15)3-12(17)18/h4-5,7H,1-3,6H2,(H,17,18). The van der Waals surface area contributed by atoms with E-state index in [-0.39, 0.29) is 28.2 Å². The number of hydrogen-bond acceptors (Lipinski definition) is 4. The third-order valence-electron chi connectivity index (χ3n) is 3.30. The predicted octanol–water partition coefficient (Wildman–Crippen LogP) is 2.80. The highest BCUT2D eigenvalue weighted by Gasteiger charge is 2.29. The molecule has 1 N–H and O–H groups in total. The highest BCUT2D eigenvalue weighted by atomic mass is 79.9. The van der Waals surface area contributed by atoms with Crippen LogP contribution >= 0.6 is 15.9 Å². The number of carboxylic acids is 1. The summed E-state index contributed by atoms with van der Waals surface area (Å²) in [4.78, 5) is 22.8. The maximum Gasteiger partial charge on any atom is 0.303 e. The third kappa shape index (κ3) is 3.06. The Kier molecular flexibility index (Phi) is 4.22. The van der Waals surface area contributed by atoms with Crippen LogP contribution in [0.4, 0.5) is 15.8 Å². The van der Waals surface area contributed by atoms with Gasteiger partial charge in [0.1, 0.15) is 11.5 Å². The first-order valence-electron chi connectivity index (χ1n) is 5.98. The van der Waals surface area contributed by atoms with Gasteiger partial charge in [-0.3, -0.25) is 14.9 Å². The van der Waals surface area contributed by atoms with E-state index in [1.807, 2.05) is 0 Å². The quantitative estimate of drug-likeness (QED) is 0.669. The number of carbonyl (C=O) groups is 1. The van der Waals surface area contributed by atoms with Gasteiger partial charge in [-0.25, -0.2) is 4.39 Å². The van der Waals surface area contributed by atoms with E-state index in [4.69, 9.17) is 5.11 Å². The maximum absolute atomic E-state index is 13.6. The fourth-order valence-corrected chi connectivity index (χ4v) is 2.72. The molecule has 108 valence electrons. The topological polar surface area (TPSA) is 83.7 Å². The molecule has 1 fully saturated rings. The van der Waals surface area contributed by atoms with Gasteiger partial charge in [0.2, 0.25) is 0 Å². The molecule has 0 saturated carbocycles. The largest absolute Gasteiger partial charge is 0.481 e. The second kappa shape index (κ2) is 5.74. The molecular formula is C12H12BrFN2O4. The van der Waals surface area contributed by atoms with Crippen molar-refractivity contribution in [3.63, 3.8) is 0 Å². The smallest absolute Gasteiger partial charge is 0.303 e. The fourth-order valence-electron chi connectivity index (χ4n) is 2.39. The van der Waals surface area contributed by atoms with E-state index in [1.165, 1.54) is 0 Å². The van der Waals surface area contributed by atoms with Gasteiger partial charge >= 0.3 is 5.97 Å². The molecule has 2 rings (SSSR count).